The Balaban J connectivity index is 1.51. The molecule has 1 saturated carbocycles. The van der Waals surface area contributed by atoms with Gasteiger partial charge in [-0.2, -0.15) is 4.80 Å². The number of hydrogen-bond donors (Lipinski definition) is 1. The van der Waals surface area contributed by atoms with Crippen molar-refractivity contribution in [2.75, 3.05) is 12.0 Å². The molecule has 0 radical (unpaired) electrons. The van der Waals surface area contributed by atoms with Crippen molar-refractivity contribution in [2.24, 2.45) is 0 Å². The number of aromatic nitrogens is 4. The van der Waals surface area contributed by atoms with E-state index >= 15 is 0 Å². The number of benzene rings is 3. The number of carbonyl (C=O) groups excluding carboxylic acids is 2. The Labute approximate surface area is 238 Å². The summed E-state index contributed by atoms with van der Waals surface area (Å²) in [5.74, 6) is -0.105. The third kappa shape index (κ3) is 6.59. The monoisotopic (exact) mass is 556 g/mol. The molecular weight excluding hydrogens is 523 g/mol. The van der Waals surface area contributed by atoms with E-state index in [9.17, 15) is 14.0 Å². The number of nitrogens with zero attached hydrogens (tertiary/aromatic N) is 5. The maximum absolute atomic E-state index is 14.1. The molecule has 1 aromatic heterocycles. The zero-order valence-corrected chi connectivity index (χ0v) is 23.2. The molecule has 0 unspecified atom stereocenters. The first-order valence-electron chi connectivity index (χ1n) is 13.8. The summed E-state index contributed by atoms with van der Waals surface area (Å²) >= 11 is 0. The summed E-state index contributed by atoms with van der Waals surface area (Å²) < 4.78 is 18.7. The summed E-state index contributed by atoms with van der Waals surface area (Å²) in [7, 11) is 1.58. The zero-order chi connectivity index (χ0) is 28.8. The molecule has 5 rings (SSSR count). The Morgan fingerprint density at radius 3 is 2.34 bits per heavy atom. The Morgan fingerprint density at radius 1 is 1.02 bits per heavy atom. The Bertz CT molecular complexity index is 1470. The van der Waals surface area contributed by atoms with E-state index < -0.39 is 6.04 Å². The summed E-state index contributed by atoms with van der Waals surface area (Å²) in [6.45, 7) is 1.80. The van der Waals surface area contributed by atoms with E-state index in [0.717, 1.165) is 37.7 Å². The SMILES string of the molecule is CCc1ccc(N(C(=O)Cn2nnc(-c3ccc(F)cc3)n2)[C@H](C(=O)NC2CCCC2)c2ccc(OC)cc2)cc1. The van der Waals surface area contributed by atoms with E-state index in [2.05, 4.69) is 27.7 Å². The van der Waals surface area contributed by atoms with Gasteiger partial charge in [0.05, 0.1) is 7.11 Å². The highest BCUT2D eigenvalue weighted by Crippen LogP contribution is 2.31. The molecule has 0 spiro atoms. The topological polar surface area (TPSA) is 102 Å². The molecule has 212 valence electrons. The van der Waals surface area contributed by atoms with Crippen LogP contribution in [-0.4, -0.2) is 45.2 Å². The van der Waals surface area contributed by atoms with Crippen molar-refractivity contribution in [3.8, 4) is 17.1 Å². The number of ether oxygens (including phenoxy) is 1. The molecule has 9 nitrogen and oxygen atoms in total. The van der Waals surface area contributed by atoms with Crippen LogP contribution in [0.4, 0.5) is 10.1 Å². The number of rotatable bonds is 10. The van der Waals surface area contributed by atoms with Gasteiger partial charge < -0.3 is 10.1 Å². The van der Waals surface area contributed by atoms with Gasteiger partial charge in [0.2, 0.25) is 11.7 Å². The molecule has 3 aromatic carbocycles. The molecule has 1 aliphatic carbocycles. The van der Waals surface area contributed by atoms with Gasteiger partial charge in [-0.1, -0.05) is 44.0 Å². The van der Waals surface area contributed by atoms with Gasteiger partial charge in [0.15, 0.2) is 0 Å². The Hall–Kier alpha value is -4.60. The third-order valence-electron chi connectivity index (χ3n) is 7.36. The Kier molecular flexibility index (Phi) is 8.67. The van der Waals surface area contributed by atoms with Crippen LogP contribution in [0.3, 0.4) is 0 Å². The van der Waals surface area contributed by atoms with Gasteiger partial charge in [0, 0.05) is 17.3 Å². The average Bonchev–Trinajstić information content (AvgIpc) is 3.69. The molecule has 2 amide bonds. The van der Waals surface area contributed by atoms with Crippen LogP contribution in [0.5, 0.6) is 5.75 Å². The molecule has 1 atom stereocenters. The molecular formula is C31H33FN6O3. The average molecular weight is 557 g/mol. The van der Waals surface area contributed by atoms with Gasteiger partial charge in [0.25, 0.3) is 5.91 Å². The van der Waals surface area contributed by atoms with Crippen molar-refractivity contribution in [2.45, 2.75) is 57.7 Å². The van der Waals surface area contributed by atoms with Crippen LogP contribution in [0.2, 0.25) is 0 Å². The van der Waals surface area contributed by atoms with Crippen LogP contribution in [0.25, 0.3) is 11.4 Å². The largest absolute Gasteiger partial charge is 0.497 e. The molecule has 0 aliphatic heterocycles. The number of halogens is 1. The number of hydrogen-bond acceptors (Lipinski definition) is 6. The molecule has 0 bridgehead atoms. The van der Waals surface area contributed by atoms with Crippen LogP contribution in [0.1, 0.15) is 49.8 Å². The normalized spacial score (nSPS) is 14.0. The minimum atomic E-state index is -0.943. The minimum Gasteiger partial charge on any atom is -0.497 e. The van der Waals surface area contributed by atoms with Crippen LogP contribution >= 0.6 is 0 Å². The molecule has 10 heteroatoms. The maximum atomic E-state index is 14.1. The smallest absolute Gasteiger partial charge is 0.251 e. The number of anilines is 1. The first kappa shape index (κ1) is 27.9. The number of nitrogens with one attached hydrogen (secondary N) is 1. The molecule has 1 fully saturated rings. The fraction of sp³-hybridized carbons (Fsp3) is 0.323. The van der Waals surface area contributed by atoms with Crippen molar-refractivity contribution in [3.05, 3.63) is 89.7 Å². The van der Waals surface area contributed by atoms with Gasteiger partial charge in [-0.3, -0.25) is 14.5 Å². The van der Waals surface area contributed by atoms with Crippen molar-refractivity contribution < 1.29 is 18.7 Å². The molecule has 0 saturated heterocycles. The van der Waals surface area contributed by atoms with E-state index in [1.807, 2.05) is 24.3 Å². The number of tetrazole rings is 1. The van der Waals surface area contributed by atoms with Crippen LogP contribution in [-0.2, 0) is 22.6 Å². The predicted octanol–water partition coefficient (Wildman–Crippen LogP) is 4.88. The summed E-state index contributed by atoms with van der Waals surface area (Å²) in [6.07, 6.45) is 4.79. The summed E-state index contributed by atoms with van der Waals surface area (Å²) in [5.41, 5.74) is 2.91. The number of aryl methyl sites for hydroxylation is 1. The summed E-state index contributed by atoms with van der Waals surface area (Å²) in [6, 6.07) is 19.6. The first-order valence-corrected chi connectivity index (χ1v) is 13.8. The lowest BCUT2D eigenvalue weighted by Crippen LogP contribution is -2.47. The van der Waals surface area contributed by atoms with Gasteiger partial charge in [-0.15, -0.1) is 10.2 Å². The Morgan fingerprint density at radius 2 is 1.71 bits per heavy atom. The van der Waals surface area contributed by atoms with Crippen molar-refractivity contribution in [1.29, 1.82) is 0 Å². The third-order valence-corrected chi connectivity index (χ3v) is 7.36. The summed E-state index contributed by atoms with van der Waals surface area (Å²) in [5, 5.41) is 15.6. The lowest BCUT2D eigenvalue weighted by molar-refractivity contribution is -0.127. The van der Waals surface area contributed by atoms with Crippen molar-refractivity contribution in [1.82, 2.24) is 25.5 Å². The van der Waals surface area contributed by atoms with Crippen LogP contribution < -0.4 is 15.0 Å². The van der Waals surface area contributed by atoms with Gasteiger partial charge >= 0.3 is 0 Å². The lowest BCUT2D eigenvalue weighted by Gasteiger charge is -2.32. The standard InChI is InChI=1S/C31H33FN6O3/c1-3-21-8-16-26(17-9-21)38(28(39)20-37-35-30(34-36-37)23-10-14-24(32)15-11-23)29(22-12-18-27(41-2)19-13-22)31(40)33-25-6-4-5-7-25/h8-19,25,29H,3-7,20H2,1-2H3,(H,33,40)/t29-/m0/s1. The second-order valence-electron chi connectivity index (χ2n) is 10.1. The van der Waals surface area contributed by atoms with Gasteiger partial charge in [-0.05, 0) is 84.1 Å². The minimum absolute atomic E-state index is 0.0675. The second kappa shape index (κ2) is 12.7. The van der Waals surface area contributed by atoms with E-state index in [4.69, 9.17) is 4.74 Å². The zero-order valence-electron chi connectivity index (χ0n) is 23.2. The quantitative estimate of drug-likeness (QED) is 0.299. The molecule has 4 aromatic rings. The molecule has 1 heterocycles. The van der Waals surface area contributed by atoms with E-state index in [0.29, 0.717) is 22.6 Å². The van der Waals surface area contributed by atoms with E-state index in [1.165, 1.54) is 21.8 Å². The first-order chi connectivity index (χ1) is 19.9. The molecule has 41 heavy (non-hydrogen) atoms. The van der Waals surface area contributed by atoms with Crippen LogP contribution in [0, 0.1) is 5.82 Å². The van der Waals surface area contributed by atoms with Crippen LogP contribution in [0.15, 0.2) is 72.8 Å². The highest BCUT2D eigenvalue weighted by molar-refractivity contribution is 6.01. The number of methoxy groups -OCH3 is 1. The maximum Gasteiger partial charge on any atom is 0.251 e. The summed E-state index contributed by atoms with van der Waals surface area (Å²) in [4.78, 5) is 30.7. The lowest BCUT2D eigenvalue weighted by atomic mass is 10.0. The molecule has 1 aliphatic rings. The van der Waals surface area contributed by atoms with Gasteiger partial charge in [0.1, 0.15) is 24.2 Å². The highest BCUT2D eigenvalue weighted by Gasteiger charge is 2.34. The highest BCUT2D eigenvalue weighted by atomic mass is 19.1. The predicted molar refractivity (Wildman–Crippen MR) is 153 cm³/mol. The number of carbonyl (C=O) groups is 2. The second-order valence-corrected chi connectivity index (χ2v) is 10.1. The van der Waals surface area contributed by atoms with E-state index in [1.54, 1.807) is 43.5 Å². The molecule has 1 N–H and O–H groups in total. The van der Waals surface area contributed by atoms with Gasteiger partial charge in [-0.25, -0.2) is 4.39 Å². The fourth-order valence-electron chi connectivity index (χ4n) is 5.11. The van der Waals surface area contributed by atoms with Crippen molar-refractivity contribution in [3.63, 3.8) is 0 Å². The van der Waals surface area contributed by atoms with Crippen molar-refractivity contribution >= 4 is 17.5 Å². The van der Waals surface area contributed by atoms with E-state index in [-0.39, 0.29) is 36.0 Å². The fourth-order valence-corrected chi connectivity index (χ4v) is 5.11. The number of amides is 2.